The predicted octanol–water partition coefficient (Wildman–Crippen LogP) is 1.91. The van der Waals surface area contributed by atoms with Crippen LogP contribution in [0.25, 0.3) is 11.0 Å². The van der Waals surface area contributed by atoms with Gasteiger partial charge in [0.1, 0.15) is 5.69 Å². The molecule has 3 rings (SSSR count). The number of anilines is 1. The van der Waals surface area contributed by atoms with Crippen LogP contribution in [0.5, 0.6) is 0 Å². The molecule has 2 aromatic heterocycles. The number of aromatic carboxylic acids is 1. The van der Waals surface area contributed by atoms with Crippen molar-refractivity contribution in [3.05, 3.63) is 53.9 Å². The van der Waals surface area contributed by atoms with E-state index in [1.54, 1.807) is 0 Å². The van der Waals surface area contributed by atoms with Crippen LogP contribution >= 0.6 is 0 Å². The number of amides is 1. The minimum absolute atomic E-state index is 0.115. The number of para-hydroxylation sites is 2. The molecule has 0 fully saturated rings. The number of carboxylic acids is 1. The maximum Gasteiger partial charge on any atom is 0.354 e. The molecule has 0 bridgehead atoms. The molecule has 7 heteroatoms. The number of carboxylic acid groups (broad SMARTS) is 1. The Morgan fingerprint density at radius 1 is 1.14 bits per heavy atom. The SMILES string of the molecule is O=C(Nc1nc2ccccc2[nH]1)c1ccc(C(=O)O)nc1. The number of H-pyrrole nitrogens is 1. The average Bonchev–Trinajstić information content (AvgIpc) is 2.89. The van der Waals surface area contributed by atoms with Gasteiger partial charge in [0, 0.05) is 6.20 Å². The monoisotopic (exact) mass is 282 g/mol. The molecular formula is C14H10N4O3. The van der Waals surface area contributed by atoms with Gasteiger partial charge >= 0.3 is 5.97 Å². The number of benzene rings is 1. The van der Waals surface area contributed by atoms with Gasteiger partial charge in [-0.25, -0.2) is 14.8 Å². The summed E-state index contributed by atoms with van der Waals surface area (Å²) >= 11 is 0. The molecule has 1 amide bonds. The number of hydrogen-bond donors (Lipinski definition) is 3. The van der Waals surface area contributed by atoms with Crippen molar-refractivity contribution in [2.45, 2.75) is 0 Å². The number of rotatable bonds is 3. The van der Waals surface area contributed by atoms with Crippen molar-refractivity contribution in [3.8, 4) is 0 Å². The lowest BCUT2D eigenvalue weighted by Crippen LogP contribution is -2.14. The highest BCUT2D eigenvalue weighted by Gasteiger charge is 2.11. The predicted molar refractivity (Wildman–Crippen MR) is 75.2 cm³/mol. The van der Waals surface area contributed by atoms with E-state index in [1.807, 2.05) is 24.3 Å². The molecule has 7 nitrogen and oxygen atoms in total. The first kappa shape index (κ1) is 12.8. The molecule has 0 radical (unpaired) electrons. The van der Waals surface area contributed by atoms with Gasteiger partial charge in [0.15, 0.2) is 0 Å². The molecule has 0 atom stereocenters. The van der Waals surface area contributed by atoms with E-state index in [0.717, 1.165) is 11.0 Å². The number of imidazole rings is 1. The van der Waals surface area contributed by atoms with Crippen LogP contribution in [0.2, 0.25) is 0 Å². The maximum atomic E-state index is 12.0. The van der Waals surface area contributed by atoms with Gasteiger partial charge in [0.2, 0.25) is 5.95 Å². The second-order valence-corrected chi connectivity index (χ2v) is 4.29. The van der Waals surface area contributed by atoms with Crippen LogP contribution < -0.4 is 5.32 Å². The Bertz CT molecular complexity index is 791. The smallest absolute Gasteiger partial charge is 0.354 e. The zero-order valence-corrected chi connectivity index (χ0v) is 10.7. The van der Waals surface area contributed by atoms with Crippen LogP contribution in [-0.2, 0) is 0 Å². The Labute approximate surface area is 118 Å². The van der Waals surface area contributed by atoms with Gasteiger partial charge in [0.25, 0.3) is 5.91 Å². The Hall–Kier alpha value is -3.22. The molecule has 0 spiro atoms. The number of aromatic nitrogens is 3. The highest BCUT2D eigenvalue weighted by Crippen LogP contribution is 2.14. The first-order chi connectivity index (χ1) is 10.1. The highest BCUT2D eigenvalue weighted by molar-refractivity contribution is 6.04. The molecule has 3 N–H and O–H groups in total. The summed E-state index contributed by atoms with van der Waals surface area (Å²) < 4.78 is 0. The molecule has 3 aromatic rings. The zero-order chi connectivity index (χ0) is 14.8. The fourth-order valence-corrected chi connectivity index (χ4v) is 1.85. The van der Waals surface area contributed by atoms with Gasteiger partial charge in [-0.05, 0) is 24.3 Å². The lowest BCUT2D eigenvalue weighted by atomic mass is 10.2. The van der Waals surface area contributed by atoms with Crippen molar-refractivity contribution in [2.24, 2.45) is 0 Å². The summed E-state index contributed by atoms with van der Waals surface area (Å²) in [4.78, 5) is 33.6. The molecule has 0 aliphatic heterocycles. The van der Waals surface area contributed by atoms with Crippen molar-refractivity contribution in [1.82, 2.24) is 15.0 Å². The van der Waals surface area contributed by atoms with Gasteiger partial charge < -0.3 is 10.1 Å². The van der Waals surface area contributed by atoms with Crippen LogP contribution in [0.4, 0.5) is 5.95 Å². The van der Waals surface area contributed by atoms with Crippen molar-refractivity contribution < 1.29 is 14.7 Å². The lowest BCUT2D eigenvalue weighted by molar-refractivity contribution is 0.0690. The molecule has 0 saturated heterocycles. The van der Waals surface area contributed by atoms with Crippen LogP contribution in [0.3, 0.4) is 0 Å². The number of aromatic amines is 1. The van der Waals surface area contributed by atoms with Gasteiger partial charge in [-0.2, -0.15) is 0 Å². The minimum Gasteiger partial charge on any atom is -0.477 e. The summed E-state index contributed by atoms with van der Waals surface area (Å²) in [6, 6.07) is 10.1. The number of pyridine rings is 1. The van der Waals surface area contributed by atoms with E-state index in [-0.39, 0.29) is 11.3 Å². The van der Waals surface area contributed by atoms with Crippen LogP contribution in [0, 0.1) is 0 Å². The van der Waals surface area contributed by atoms with E-state index in [4.69, 9.17) is 5.11 Å². The Balaban J connectivity index is 1.80. The first-order valence-corrected chi connectivity index (χ1v) is 6.09. The quantitative estimate of drug-likeness (QED) is 0.680. The number of nitrogens with zero attached hydrogens (tertiary/aromatic N) is 2. The van der Waals surface area contributed by atoms with Gasteiger partial charge in [-0.15, -0.1) is 0 Å². The summed E-state index contributed by atoms with van der Waals surface area (Å²) in [7, 11) is 0. The third-order valence-corrected chi connectivity index (χ3v) is 2.87. The van der Waals surface area contributed by atoms with Crippen LogP contribution in [0.15, 0.2) is 42.6 Å². The minimum atomic E-state index is -1.14. The molecule has 1 aromatic carbocycles. The fourth-order valence-electron chi connectivity index (χ4n) is 1.85. The van der Waals surface area contributed by atoms with Gasteiger partial charge in [0.05, 0.1) is 16.6 Å². The standard InChI is InChI=1S/C14H10N4O3/c19-12(8-5-6-11(13(20)21)15-7-8)18-14-16-9-3-1-2-4-10(9)17-14/h1-7H,(H,20,21)(H2,16,17,18,19). The number of hydrogen-bond acceptors (Lipinski definition) is 4. The second kappa shape index (κ2) is 5.04. The summed E-state index contributed by atoms with van der Waals surface area (Å²) in [6.45, 7) is 0. The second-order valence-electron chi connectivity index (χ2n) is 4.29. The third-order valence-electron chi connectivity index (χ3n) is 2.87. The number of nitrogens with one attached hydrogen (secondary N) is 2. The Morgan fingerprint density at radius 3 is 2.62 bits per heavy atom. The fraction of sp³-hybridized carbons (Fsp3) is 0. The summed E-state index contributed by atoms with van der Waals surface area (Å²) in [5.74, 6) is -1.23. The molecular weight excluding hydrogens is 272 g/mol. The van der Waals surface area contributed by atoms with E-state index in [0.29, 0.717) is 5.95 Å². The topological polar surface area (TPSA) is 108 Å². The molecule has 0 saturated carbocycles. The summed E-state index contributed by atoms with van der Waals surface area (Å²) in [6.07, 6.45) is 1.21. The summed E-state index contributed by atoms with van der Waals surface area (Å²) in [5.41, 5.74) is 1.69. The lowest BCUT2D eigenvalue weighted by Gasteiger charge is -2.01. The third kappa shape index (κ3) is 2.57. The van der Waals surface area contributed by atoms with Crippen molar-refractivity contribution >= 4 is 28.9 Å². The average molecular weight is 282 g/mol. The largest absolute Gasteiger partial charge is 0.477 e. The normalized spacial score (nSPS) is 10.5. The molecule has 0 aliphatic carbocycles. The molecule has 0 aliphatic rings. The number of carbonyl (C=O) groups is 2. The highest BCUT2D eigenvalue weighted by atomic mass is 16.4. The number of carbonyl (C=O) groups excluding carboxylic acids is 1. The van der Waals surface area contributed by atoms with E-state index < -0.39 is 11.9 Å². The van der Waals surface area contributed by atoms with Crippen molar-refractivity contribution in [1.29, 1.82) is 0 Å². The molecule has 2 heterocycles. The van der Waals surface area contributed by atoms with E-state index in [9.17, 15) is 9.59 Å². The van der Waals surface area contributed by atoms with Crippen LogP contribution in [-0.4, -0.2) is 31.9 Å². The molecule has 104 valence electrons. The molecule has 0 unspecified atom stereocenters. The van der Waals surface area contributed by atoms with Gasteiger partial charge in [-0.1, -0.05) is 12.1 Å². The summed E-state index contributed by atoms with van der Waals surface area (Å²) in [5, 5.41) is 11.4. The Morgan fingerprint density at radius 2 is 1.95 bits per heavy atom. The Kier molecular flexibility index (Phi) is 3.07. The van der Waals surface area contributed by atoms with Gasteiger partial charge in [-0.3, -0.25) is 10.1 Å². The molecule has 21 heavy (non-hydrogen) atoms. The van der Waals surface area contributed by atoms with Crippen molar-refractivity contribution in [2.75, 3.05) is 5.32 Å². The van der Waals surface area contributed by atoms with E-state index in [1.165, 1.54) is 18.3 Å². The van der Waals surface area contributed by atoms with E-state index in [2.05, 4.69) is 20.3 Å². The van der Waals surface area contributed by atoms with Crippen molar-refractivity contribution in [3.63, 3.8) is 0 Å². The zero-order valence-electron chi connectivity index (χ0n) is 10.7. The first-order valence-electron chi connectivity index (χ1n) is 6.09. The maximum absolute atomic E-state index is 12.0. The van der Waals surface area contributed by atoms with E-state index >= 15 is 0 Å². The number of fused-ring (bicyclic) bond motifs is 1. The van der Waals surface area contributed by atoms with Crippen LogP contribution in [0.1, 0.15) is 20.8 Å².